The molecule has 6 heteroatoms. The summed E-state index contributed by atoms with van der Waals surface area (Å²) in [6.45, 7) is 2.62. The van der Waals surface area contributed by atoms with E-state index in [4.69, 9.17) is 4.74 Å². The number of nitrogens with zero attached hydrogens (tertiary/aromatic N) is 2. The lowest BCUT2D eigenvalue weighted by Gasteiger charge is -2.26. The first-order valence-corrected chi connectivity index (χ1v) is 9.35. The van der Waals surface area contributed by atoms with Crippen molar-refractivity contribution in [3.8, 4) is 11.6 Å². The van der Waals surface area contributed by atoms with E-state index in [2.05, 4.69) is 17.4 Å². The fourth-order valence-electron chi connectivity index (χ4n) is 3.79. The Hall–Kier alpha value is -2.47. The minimum Gasteiger partial charge on any atom is -0.493 e. The van der Waals surface area contributed by atoms with Crippen molar-refractivity contribution in [1.82, 2.24) is 14.5 Å². The first-order chi connectivity index (χ1) is 12.7. The van der Waals surface area contributed by atoms with E-state index in [1.54, 1.807) is 4.57 Å². The number of allylic oxidation sites excluding steroid dienone is 1. The molecule has 3 heterocycles. The maximum atomic E-state index is 12.2. The van der Waals surface area contributed by atoms with E-state index in [1.165, 1.54) is 10.1 Å². The van der Waals surface area contributed by atoms with Crippen molar-refractivity contribution in [3.63, 3.8) is 0 Å². The zero-order valence-electron chi connectivity index (χ0n) is 14.9. The highest BCUT2D eigenvalue weighted by Crippen LogP contribution is 2.26. The van der Waals surface area contributed by atoms with E-state index >= 15 is 0 Å². The number of fused-ring (bicyclic) bond motifs is 2. The van der Waals surface area contributed by atoms with Gasteiger partial charge in [0.05, 0.1) is 5.69 Å². The van der Waals surface area contributed by atoms with Crippen LogP contribution in [0.3, 0.4) is 0 Å². The van der Waals surface area contributed by atoms with Gasteiger partial charge in [0.15, 0.2) is 0 Å². The number of rotatable bonds is 6. The number of aromatic nitrogens is 2. The molecule has 26 heavy (non-hydrogen) atoms. The van der Waals surface area contributed by atoms with Crippen molar-refractivity contribution in [3.05, 3.63) is 58.2 Å². The second kappa shape index (κ2) is 7.41. The standard InChI is InChI=1S/C20H25N3O3/c24-19-17-7-5-13-22(17)20(25)23(19)12-4-3-11-21-14-16-10-9-15-6-1-2-8-18(15)26-16/h1-4,6,8,16,21,24H,5,7,9-14H2. The van der Waals surface area contributed by atoms with Crippen molar-refractivity contribution in [2.24, 2.45) is 0 Å². The first kappa shape index (κ1) is 17.0. The van der Waals surface area contributed by atoms with Gasteiger partial charge in [-0.15, -0.1) is 0 Å². The van der Waals surface area contributed by atoms with E-state index in [0.717, 1.165) is 43.7 Å². The number of aromatic hydroxyl groups is 1. The topological polar surface area (TPSA) is 68.4 Å². The number of nitrogens with one attached hydrogen (secondary N) is 1. The van der Waals surface area contributed by atoms with Crippen LogP contribution in [0.4, 0.5) is 0 Å². The number of ether oxygens (including phenoxy) is 1. The van der Waals surface area contributed by atoms with E-state index in [-0.39, 0.29) is 17.7 Å². The molecule has 1 atom stereocenters. The Kier molecular flexibility index (Phi) is 4.84. The fraction of sp³-hybridized carbons (Fsp3) is 0.450. The molecule has 4 rings (SSSR count). The molecule has 138 valence electrons. The molecular formula is C20H25N3O3. The molecule has 0 radical (unpaired) electrons. The van der Waals surface area contributed by atoms with Crippen molar-refractivity contribution in [2.45, 2.75) is 44.9 Å². The Morgan fingerprint density at radius 1 is 1.27 bits per heavy atom. The van der Waals surface area contributed by atoms with E-state index in [1.807, 2.05) is 24.3 Å². The Balaban J connectivity index is 1.23. The molecule has 2 aliphatic rings. The van der Waals surface area contributed by atoms with Crippen molar-refractivity contribution in [1.29, 1.82) is 0 Å². The summed E-state index contributed by atoms with van der Waals surface area (Å²) >= 11 is 0. The quantitative estimate of drug-likeness (QED) is 0.613. The largest absolute Gasteiger partial charge is 0.493 e. The molecule has 2 aliphatic heterocycles. The summed E-state index contributed by atoms with van der Waals surface area (Å²) in [5, 5.41) is 13.5. The first-order valence-electron chi connectivity index (χ1n) is 9.35. The number of para-hydroxylation sites is 1. The maximum absolute atomic E-state index is 12.2. The number of benzene rings is 1. The molecule has 0 saturated heterocycles. The molecule has 0 saturated carbocycles. The molecule has 0 amide bonds. The van der Waals surface area contributed by atoms with Gasteiger partial charge in [0.1, 0.15) is 11.9 Å². The van der Waals surface area contributed by atoms with Gasteiger partial charge in [-0.2, -0.15) is 0 Å². The Labute approximate surface area is 152 Å². The average Bonchev–Trinajstić information content (AvgIpc) is 3.23. The number of imidazole rings is 1. The second-order valence-corrected chi connectivity index (χ2v) is 6.93. The zero-order valence-corrected chi connectivity index (χ0v) is 14.9. The molecule has 2 N–H and O–H groups in total. The number of hydrogen-bond acceptors (Lipinski definition) is 4. The van der Waals surface area contributed by atoms with Crippen LogP contribution in [0.1, 0.15) is 24.1 Å². The minimum atomic E-state index is -0.109. The Morgan fingerprint density at radius 3 is 3.04 bits per heavy atom. The van der Waals surface area contributed by atoms with Crippen LogP contribution in [-0.4, -0.2) is 33.4 Å². The smallest absolute Gasteiger partial charge is 0.331 e. The average molecular weight is 355 g/mol. The highest BCUT2D eigenvalue weighted by atomic mass is 16.5. The lowest BCUT2D eigenvalue weighted by Crippen LogP contribution is -2.34. The predicted molar refractivity (Wildman–Crippen MR) is 99.9 cm³/mol. The Morgan fingerprint density at radius 2 is 2.15 bits per heavy atom. The summed E-state index contributed by atoms with van der Waals surface area (Å²) in [7, 11) is 0. The van der Waals surface area contributed by atoms with Gasteiger partial charge >= 0.3 is 5.69 Å². The molecule has 1 aromatic carbocycles. The molecule has 2 aromatic rings. The van der Waals surface area contributed by atoms with Crippen LogP contribution in [0.15, 0.2) is 41.2 Å². The highest BCUT2D eigenvalue weighted by molar-refractivity contribution is 5.35. The second-order valence-electron chi connectivity index (χ2n) is 6.93. The fourth-order valence-corrected chi connectivity index (χ4v) is 3.79. The van der Waals surface area contributed by atoms with Gasteiger partial charge in [0.25, 0.3) is 0 Å². The number of hydrogen-bond donors (Lipinski definition) is 2. The summed E-state index contributed by atoms with van der Waals surface area (Å²) in [4.78, 5) is 12.2. The van der Waals surface area contributed by atoms with Gasteiger partial charge in [-0.25, -0.2) is 4.79 Å². The number of aryl methyl sites for hydroxylation is 1. The van der Waals surface area contributed by atoms with Crippen LogP contribution in [0.5, 0.6) is 11.6 Å². The van der Waals surface area contributed by atoms with Crippen LogP contribution in [-0.2, 0) is 25.9 Å². The summed E-state index contributed by atoms with van der Waals surface area (Å²) < 4.78 is 9.12. The molecule has 6 nitrogen and oxygen atoms in total. The molecule has 0 spiro atoms. The van der Waals surface area contributed by atoms with Crippen LogP contribution >= 0.6 is 0 Å². The summed E-state index contributed by atoms with van der Waals surface area (Å²) in [5.74, 6) is 1.12. The lowest BCUT2D eigenvalue weighted by atomic mass is 10.0. The monoisotopic (exact) mass is 355 g/mol. The third kappa shape index (κ3) is 3.29. The molecular weight excluding hydrogens is 330 g/mol. The highest BCUT2D eigenvalue weighted by Gasteiger charge is 2.22. The van der Waals surface area contributed by atoms with Gasteiger partial charge in [-0.05, 0) is 37.3 Å². The maximum Gasteiger partial charge on any atom is 0.331 e. The van der Waals surface area contributed by atoms with Crippen molar-refractivity contribution in [2.75, 3.05) is 13.1 Å². The van der Waals surface area contributed by atoms with Crippen LogP contribution in [0, 0.1) is 0 Å². The van der Waals surface area contributed by atoms with E-state index in [9.17, 15) is 9.90 Å². The van der Waals surface area contributed by atoms with Gasteiger partial charge < -0.3 is 15.2 Å². The van der Waals surface area contributed by atoms with E-state index < -0.39 is 0 Å². The van der Waals surface area contributed by atoms with Gasteiger partial charge in [0.2, 0.25) is 5.88 Å². The van der Waals surface area contributed by atoms with E-state index in [0.29, 0.717) is 19.6 Å². The molecule has 0 fully saturated rings. The normalized spacial score (nSPS) is 18.7. The zero-order chi connectivity index (χ0) is 17.9. The van der Waals surface area contributed by atoms with Crippen molar-refractivity contribution >= 4 is 0 Å². The summed E-state index contributed by atoms with van der Waals surface area (Å²) in [6.07, 6.45) is 7.90. The van der Waals surface area contributed by atoms with Crippen LogP contribution in [0.25, 0.3) is 0 Å². The van der Waals surface area contributed by atoms with Crippen molar-refractivity contribution < 1.29 is 9.84 Å². The lowest BCUT2D eigenvalue weighted by molar-refractivity contribution is 0.172. The van der Waals surface area contributed by atoms with Crippen LogP contribution < -0.4 is 15.7 Å². The molecule has 0 aliphatic carbocycles. The van der Waals surface area contributed by atoms with Gasteiger partial charge in [0, 0.05) is 26.2 Å². The third-order valence-corrected chi connectivity index (χ3v) is 5.19. The third-order valence-electron chi connectivity index (χ3n) is 5.19. The minimum absolute atomic E-state index is 0.109. The Bertz CT molecular complexity index is 866. The predicted octanol–water partition coefficient (Wildman–Crippen LogP) is 1.84. The molecule has 0 bridgehead atoms. The van der Waals surface area contributed by atoms with Crippen LogP contribution in [0.2, 0.25) is 0 Å². The SMILES string of the molecule is O=c1n(CC=CCNCC2CCc3ccccc3O2)c(O)c2n1CCC2. The van der Waals surface area contributed by atoms with Gasteiger partial charge in [-0.3, -0.25) is 9.13 Å². The summed E-state index contributed by atoms with van der Waals surface area (Å²) in [6, 6.07) is 8.21. The summed E-state index contributed by atoms with van der Waals surface area (Å²) in [5.41, 5.74) is 1.95. The van der Waals surface area contributed by atoms with Gasteiger partial charge in [-0.1, -0.05) is 30.4 Å². The molecule has 1 aromatic heterocycles. The molecule has 1 unspecified atom stereocenters.